The van der Waals surface area contributed by atoms with Crippen molar-refractivity contribution in [2.75, 3.05) is 19.8 Å². The van der Waals surface area contributed by atoms with E-state index >= 15 is 0 Å². The van der Waals surface area contributed by atoms with Crippen molar-refractivity contribution in [3.63, 3.8) is 0 Å². The van der Waals surface area contributed by atoms with Crippen molar-refractivity contribution in [3.05, 3.63) is 85.1 Å². The molecule has 60 heavy (non-hydrogen) atoms. The molecule has 0 aromatic carbocycles. The lowest BCUT2D eigenvalue weighted by atomic mass is 9.85. The van der Waals surface area contributed by atoms with Gasteiger partial charge in [0.2, 0.25) is 0 Å². The molecule has 12 nitrogen and oxygen atoms in total. The first-order chi connectivity index (χ1) is 29.0. The average molecular weight is 867 g/mol. The molecule has 0 aromatic rings. The summed E-state index contributed by atoms with van der Waals surface area (Å²) in [6.45, 7) is 4.01. The molecular weight excluding hydrogens is 787 g/mol. The standard InChI is InChI=1S/C47H79O12P/c1-3-5-7-9-11-13-15-17-19-20-21-22-23-24-26-28-30-32-34-36-41(48)58-40(38-56-37-35-33-31-29-27-25-18-16-14-12-10-8-6-4-2)39-57-60(54,55)59-47-45(52)43(50)42(49)44(51)46(47)53/h5,7,11,13-14,16-17,19,21-22,24,26,30,32,40,42-47,49-53H,3-4,6,8-10,12,15,18,20,23,25,27-29,31,33-39H2,1-2H3,(H,54,55)/b7-5-,13-11-,16-14-,19-17-,22-21-,26-24-,32-30-. The van der Waals surface area contributed by atoms with Gasteiger partial charge in [0.05, 0.1) is 13.2 Å². The Kier molecular flexibility index (Phi) is 34.3. The highest BCUT2D eigenvalue weighted by Crippen LogP contribution is 2.47. The molecule has 0 heterocycles. The maximum absolute atomic E-state index is 12.8. The number of esters is 1. The first-order valence-corrected chi connectivity index (χ1v) is 23.9. The van der Waals surface area contributed by atoms with Crippen molar-refractivity contribution < 1.29 is 58.3 Å². The van der Waals surface area contributed by atoms with Crippen molar-refractivity contribution in [2.45, 2.75) is 185 Å². The molecule has 13 heteroatoms. The monoisotopic (exact) mass is 867 g/mol. The third-order valence-corrected chi connectivity index (χ3v) is 10.8. The van der Waals surface area contributed by atoms with Crippen LogP contribution in [0.3, 0.4) is 0 Å². The Morgan fingerprint density at radius 1 is 0.550 bits per heavy atom. The summed E-state index contributed by atoms with van der Waals surface area (Å²) in [5.74, 6) is -0.565. The van der Waals surface area contributed by atoms with Crippen LogP contribution in [0.25, 0.3) is 0 Å². The number of phosphoric ester groups is 1. The maximum atomic E-state index is 12.8. The number of carbonyl (C=O) groups is 1. The molecule has 0 aromatic heterocycles. The van der Waals surface area contributed by atoms with Crippen molar-refractivity contribution >= 4 is 13.8 Å². The summed E-state index contributed by atoms with van der Waals surface area (Å²) in [5, 5.41) is 50.1. The molecular formula is C47H79O12P. The molecule has 0 spiro atoms. The lowest BCUT2D eigenvalue weighted by Gasteiger charge is -2.41. The quantitative estimate of drug-likeness (QED) is 0.0152. The van der Waals surface area contributed by atoms with E-state index in [0.717, 1.165) is 64.2 Å². The zero-order valence-corrected chi connectivity index (χ0v) is 37.4. The van der Waals surface area contributed by atoms with Gasteiger partial charge in [-0.15, -0.1) is 0 Å². The van der Waals surface area contributed by atoms with Crippen LogP contribution in [0.15, 0.2) is 85.1 Å². The molecule has 0 radical (unpaired) electrons. The summed E-state index contributed by atoms with van der Waals surface area (Å²) < 4.78 is 34.0. The number of aliphatic hydroxyl groups excluding tert-OH is 5. The summed E-state index contributed by atoms with van der Waals surface area (Å²) in [6.07, 6.45) is 36.6. The SMILES string of the molecule is CC/C=C\C/C=C\C/C=C\C/C=C\C/C=C\C/C=C\CCC(=O)OC(COCCCCCCCC/C=C\CCCCCC)COP(=O)(O)OC1C(O)C(O)C(O)C(O)C1O. The Labute approximate surface area is 361 Å². The van der Waals surface area contributed by atoms with E-state index in [0.29, 0.717) is 19.4 Å². The highest BCUT2D eigenvalue weighted by atomic mass is 31.2. The number of unbranched alkanes of at least 4 members (excludes halogenated alkanes) is 10. The Bertz CT molecular complexity index is 1310. The Morgan fingerprint density at radius 3 is 1.50 bits per heavy atom. The van der Waals surface area contributed by atoms with Gasteiger partial charge in [0, 0.05) is 13.0 Å². The Hall–Kier alpha value is -2.48. The largest absolute Gasteiger partial charge is 0.472 e. The number of hydrogen-bond donors (Lipinski definition) is 6. The molecule has 0 aliphatic heterocycles. The minimum Gasteiger partial charge on any atom is -0.457 e. The minimum atomic E-state index is -5.04. The van der Waals surface area contributed by atoms with E-state index in [1.165, 1.54) is 44.9 Å². The number of allylic oxidation sites excluding steroid dienone is 14. The second kappa shape index (κ2) is 37.1. The predicted molar refractivity (Wildman–Crippen MR) is 239 cm³/mol. The normalized spacial score (nSPS) is 23.1. The van der Waals surface area contributed by atoms with Gasteiger partial charge in [0.15, 0.2) is 0 Å². The van der Waals surface area contributed by atoms with Crippen LogP contribution in [0.1, 0.15) is 142 Å². The van der Waals surface area contributed by atoms with Crippen LogP contribution in [-0.4, -0.2) is 98.9 Å². The van der Waals surface area contributed by atoms with Crippen LogP contribution in [-0.2, 0) is 27.9 Å². The number of carbonyl (C=O) groups excluding carboxylic acids is 1. The van der Waals surface area contributed by atoms with E-state index in [2.05, 4.69) is 86.8 Å². The average Bonchev–Trinajstić information content (AvgIpc) is 3.23. The van der Waals surface area contributed by atoms with Gasteiger partial charge in [-0.05, 0) is 77.0 Å². The van der Waals surface area contributed by atoms with Gasteiger partial charge in [-0.3, -0.25) is 13.8 Å². The molecule has 344 valence electrons. The van der Waals surface area contributed by atoms with E-state index in [4.69, 9.17) is 18.5 Å². The van der Waals surface area contributed by atoms with Crippen LogP contribution >= 0.6 is 7.82 Å². The summed E-state index contributed by atoms with van der Waals surface area (Å²) in [6, 6.07) is 0. The van der Waals surface area contributed by atoms with E-state index < -0.39 is 63.1 Å². The highest BCUT2D eigenvalue weighted by molar-refractivity contribution is 7.47. The van der Waals surface area contributed by atoms with Gasteiger partial charge < -0.3 is 39.9 Å². The fraction of sp³-hybridized carbons (Fsp3) is 0.681. The van der Waals surface area contributed by atoms with Gasteiger partial charge in [-0.25, -0.2) is 4.57 Å². The molecule has 0 amide bonds. The molecule has 1 rings (SSSR count). The fourth-order valence-corrected chi connectivity index (χ4v) is 7.17. The van der Waals surface area contributed by atoms with Crippen LogP contribution in [0, 0.1) is 0 Å². The van der Waals surface area contributed by atoms with Crippen LogP contribution in [0.2, 0.25) is 0 Å². The van der Waals surface area contributed by atoms with E-state index in [9.17, 15) is 39.8 Å². The second-order valence-electron chi connectivity index (χ2n) is 15.2. The van der Waals surface area contributed by atoms with E-state index in [1.807, 2.05) is 12.2 Å². The molecule has 0 saturated heterocycles. The van der Waals surface area contributed by atoms with Crippen LogP contribution < -0.4 is 0 Å². The summed E-state index contributed by atoms with van der Waals surface area (Å²) in [4.78, 5) is 23.1. The number of ether oxygens (including phenoxy) is 2. The van der Waals surface area contributed by atoms with Crippen molar-refractivity contribution in [1.29, 1.82) is 0 Å². The Morgan fingerprint density at radius 2 is 0.983 bits per heavy atom. The molecule has 6 atom stereocenters. The number of hydrogen-bond acceptors (Lipinski definition) is 11. The fourth-order valence-electron chi connectivity index (χ4n) is 6.20. The molecule has 6 N–H and O–H groups in total. The van der Waals surface area contributed by atoms with Crippen molar-refractivity contribution in [3.8, 4) is 0 Å². The minimum absolute atomic E-state index is 0.0548. The van der Waals surface area contributed by atoms with Gasteiger partial charge in [0.25, 0.3) is 0 Å². The lowest BCUT2D eigenvalue weighted by Crippen LogP contribution is -2.64. The van der Waals surface area contributed by atoms with Crippen molar-refractivity contribution in [1.82, 2.24) is 0 Å². The third-order valence-electron chi connectivity index (χ3n) is 9.77. The van der Waals surface area contributed by atoms with E-state index in [-0.39, 0.29) is 13.0 Å². The lowest BCUT2D eigenvalue weighted by molar-refractivity contribution is -0.220. The van der Waals surface area contributed by atoms with Crippen molar-refractivity contribution in [2.24, 2.45) is 0 Å². The summed E-state index contributed by atoms with van der Waals surface area (Å²) in [5.41, 5.74) is 0. The second-order valence-corrected chi connectivity index (χ2v) is 16.6. The first kappa shape index (κ1) is 55.5. The van der Waals surface area contributed by atoms with Crippen LogP contribution in [0.4, 0.5) is 0 Å². The number of phosphoric acid groups is 1. The van der Waals surface area contributed by atoms with E-state index in [1.54, 1.807) is 0 Å². The molecule has 1 aliphatic rings. The van der Waals surface area contributed by atoms with Crippen LogP contribution in [0.5, 0.6) is 0 Å². The predicted octanol–water partition coefficient (Wildman–Crippen LogP) is 8.97. The highest BCUT2D eigenvalue weighted by Gasteiger charge is 2.51. The number of aliphatic hydroxyl groups is 5. The molecule has 6 unspecified atom stereocenters. The number of rotatable bonds is 36. The van der Waals surface area contributed by atoms with Gasteiger partial charge in [-0.2, -0.15) is 0 Å². The topological polar surface area (TPSA) is 192 Å². The first-order valence-electron chi connectivity index (χ1n) is 22.4. The van der Waals surface area contributed by atoms with Gasteiger partial charge >= 0.3 is 13.8 Å². The van der Waals surface area contributed by atoms with Gasteiger partial charge in [-0.1, -0.05) is 144 Å². The smallest absolute Gasteiger partial charge is 0.457 e. The summed E-state index contributed by atoms with van der Waals surface area (Å²) >= 11 is 0. The molecule has 1 fully saturated rings. The zero-order valence-electron chi connectivity index (χ0n) is 36.5. The maximum Gasteiger partial charge on any atom is 0.472 e. The molecule has 0 bridgehead atoms. The molecule has 1 aliphatic carbocycles. The van der Waals surface area contributed by atoms with Gasteiger partial charge in [0.1, 0.15) is 42.7 Å². The Balaban J connectivity index is 2.49. The third kappa shape index (κ3) is 28.9. The zero-order chi connectivity index (χ0) is 44.1. The summed E-state index contributed by atoms with van der Waals surface area (Å²) in [7, 11) is -5.04. The molecule has 1 saturated carbocycles.